The Kier molecular flexibility index (Phi) is 6.76. The van der Waals surface area contributed by atoms with Gasteiger partial charge in [0.05, 0.1) is 12.8 Å². The van der Waals surface area contributed by atoms with Gasteiger partial charge in [-0.05, 0) is 26.8 Å². The van der Waals surface area contributed by atoms with E-state index < -0.39 is 0 Å². The second-order valence-electron chi connectivity index (χ2n) is 3.10. The molecule has 0 heterocycles. The molecule has 80 valence electrons. The lowest BCUT2D eigenvalue weighted by atomic mass is 10.4. The van der Waals surface area contributed by atoms with E-state index in [0.717, 1.165) is 11.5 Å². The monoisotopic (exact) mass is 197 g/mol. The molecule has 0 spiro atoms. The Labute approximate surface area is 86.1 Å². The zero-order valence-electron chi connectivity index (χ0n) is 9.41. The summed E-state index contributed by atoms with van der Waals surface area (Å²) in [5.74, 6) is 0.774. The molecule has 0 aliphatic heterocycles. The summed E-state index contributed by atoms with van der Waals surface area (Å²) in [5.41, 5.74) is 0.868. The number of aliphatic imine (C=N–C) groups is 1. The Balaban J connectivity index is 4.06. The molecule has 0 amide bonds. The van der Waals surface area contributed by atoms with E-state index >= 15 is 0 Å². The van der Waals surface area contributed by atoms with Crippen LogP contribution < -0.4 is 0 Å². The molecule has 3 heteroatoms. The van der Waals surface area contributed by atoms with Crippen molar-refractivity contribution in [3.8, 4) is 0 Å². The lowest BCUT2D eigenvalue weighted by molar-refractivity contribution is 0.0488. The Bertz CT molecular complexity index is 231. The van der Waals surface area contributed by atoms with E-state index in [4.69, 9.17) is 9.47 Å². The molecular formula is C11H19NO2. The van der Waals surface area contributed by atoms with Crippen LogP contribution in [0, 0.1) is 0 Å². The first kappa shape index (κ1) is 12.9. The van der Waals surface area contributed by atoms with E-state index in [0.29, 0.717) is 6.61 Å². The van der Waals surface area contributed by atoms with Crippen LogP contribution in [0.1, 0.15) is 20.8 Å². The molecule has 3 nitrogen and oxygen atoms in total. The van der Waals surface area contributed by atoms with Gasteiger partial charge in [0.2, 0.25) is 0 Å². The molecule has 0 radical (unpaired) electrons. The minimum atomic E-state index is 0.0514. The zero-order chi connectivity index (χ0) is 11.0. The third kappa shape index (κ3) is 6.43. The average Bonchev–Trinajstić information content (AvgIpc) is 2.14. The lowest BCUT2D eigenvalue weighted by Crippen LogP contribution is -2.13. The number of allylic oxidation sites excluding steroid dienone is 2. The average molecular weight is 197 g/mol. The van der Waals surface area contributed by atoms with Gasteiger partial charge >= 0.3 is 0 Å². The summed E-state index contributed by atoms with van der Waals surface area (Å²) in [4.78, 5) is 4.13. The Morgan fingerprint density at radius 2 is 2.14 bits per heavy atom. The molecule has 0 aromatic carbocycles. The number of ether oxygens (including phenoxy) is 2. The van der Waals surface area contributed by atoms with E-state index in [2.05, 4.69) is 11.6 Å². The Hall–Kier alpha value is -1.09. The van der Waals surface area contributed by atoms with Crippen molar-refractivity contribution >= 4 is 5.71 Å². The Morgan fingerprint density at radius 3 is 2.64 bits per heavy atom. The lowest BCUT2D eigenvalue weighted by Gasteiger charge is -2.12. The molecular weight excluding hydrogens is 178 g/mol. The molecule has 0 bridgehead atoms. The zero-order valence-corrected chi connectivity index (χ0v) is 9.41. The molecule has 0 aliphatic rings. The fourth-order valence-electron chi connectivity index (χ4n) is 0.862. The van der Waals surface area contributed by atoms with E-state index in [9.17, 15) is 0 Å². The maximum Gasteiger partial charge on any atom is 0.119 e. The van der Waals surface area contributed by atoms with Crippen LogP contribution in [0.25, 0.3) is 0 Å². The van der Waals surface area contributed by atoms with Crippen molar-refractivity contribution in [1.29, 1.82) is 0 Å². The van der Waals surface area contributed by atoms with Crippen LogP contribution in [0.3, 0.4) is 0 Å². The fraction of sp³-hybridized carbons (Fsp3) is 0.545. The second-order valence-corrected chi connectivity index (χ2v) is 3.10. The second kappa shape index (κ2) is 7.33. The minimum absolute atomic E-state index is 0.0514. The first-order chi connectivity index (χ1) is 6.60. The predicted octanol–water partition coefficient (Wildman–Crippen LogP) is 2.55. The first-order valence-corrected chi connectivity index (χ1v) is 4.59. The van der Waals surface area contributed by atoms with Crippen LogP contribution in [0.15, 0.2) is 29.6 Å². The summed E-state index contributed by atoms with van der Waals surface area (Å²) in [7, 11) is 1.65. The first-order valence-electron chi connectivity index (χ1n) is 4.59. The van der Waals surface area contributed by atoms with Gasteiger partial charge in [-0.25, -0.2) is 0 Å². The highest BCUT2D eigenvalue weighted by Crippen LogP contribution is 2.02. The number of rotatable bonds is 6. The van der Waals surface area contributed by atoms with E-state index in [-0.39, 0.29) is 6.10 Å². The van der Waals surface area contributed by atoms with Crippen molar-refractivity contribution in [3.63, 3.8) is 0 Å². The number of nitrogens with zero attached hydrogens (tertiary/aromatic N) is 1. The van der Waals surface area contributed by atoms with Gasteiger partial charge in [-0.1, -0.05) is 6.58 Å². The third-order valence-corrected chi connectivity index (χ3v) is 1.53. The van der Waals surface area contributed by atoms with Crippen molar-refractivity contribution < 1.29 is 9.47 Å². The van der Waals surface area contributed by atoms with Gasteiger partial charge in [-0.2, -0.15) is 0 Å². The minimum Gasteiger partial charge on any atom is -0.491 e. The normalized spacial score (nSPS) is 15.1. The van der Waals surface area contributed by atoms with Crippen molar-refractivity contribution in [2.45, 2.75) is 26.9 Å². The molecule has 0 aliphatic carbocycles. The highest BCUT2D eigenvalue weighted by Gasteiger charge is 2.01. The Morgan fingerprint density at radius 1 is 1.50 bits per heavy atom. The maximum atomic E-state index is 5.48. The van der Waals surface area contributed by atoms with Gasteiger partial charge in [0.25, 0.3) is 0 Å². The molecule has 0 fully saturated rings. The van der Waals surface area contributed by atoms with Crippen molar-refractivity contribution in [2.24, 2.45) is 4.99 Å². The molecule has 0 N–H and O–H groups in total. The molecule has 0 saturated heterocycles. The summed E-state index contributed by atoms with van der Waals surface area (Å²) in [6, 6.07) is 0. The van der Waals surface area contributed by atoms with Gasteiger partial charge in [0.1, 0.15) is 11.9 Å². The van der Waals surface area contributed by atoms with Gasteiger partial charge in [-0.15, -0.1) is 0 Å². The number of methoxy groups -OCH3 is 1. The third-order valence-electron chi connectivity index (χ3n) is 1.53. The highest BCUT2D eigenvalue weighted by atomic mass is 16.5. The van der Waals surface area contributed by atoms with Crippen LogP contribution in [0.2, 0.25) is 0 Å². The van der Waals surface area contributed by atoms with Gasteiger partial charge in [-0.3, -0.25) is 4.99 Å². The summed E-state index contributed by atoms with van der Waals surface area (Å²) in [6.07, 6.45) is 3.43. The molecule has 0 aromatic heterocycles. The molecule has 0 rings (SSSR count). The van der Waals surface area contributed by atoms with Crippen LogP contribution in [0.4, 0.5) is 0 Å². The highest BCUT2D eigenvalue weighted by molar-refractivity contribution is 5.92. The van der Waals surface area contributed by atoms with Gasteiger partial charge in [0, 0.05) is 12.8 Å². The topological polar surface area (TPSA) is 30.8 Å². The standard InChI is InChI=1S/C11H19NO2/c1-6-9(2)12-7-10(3)14-11(4)8-13-5/h6-7,11H,1,8H2,2-5H3/b10-7+,12-9?/t11-/m0/s1. The molecule has 0 saturated carbocycles. The molecule has 0 aromatic rings. The largest absolute Gasteiger partial charge is 0.491 e. The summed E-state index contributed by atoms with van der Waals surface area (Å²) < 4.78 is 10.4. The summed E-state index contributed by atoms with van der Waals surface area (Å²) >= 11 is 0. The van der Waals surface area contributed by atoms with Gasteiger partial charge in [0.15, 0.2) is 0 Å². The van der Waals surface area contributed by atoms with Crippen LogP contribution in [-0.2, 0) is 9.47 Å². The molecule has 1 atom stereocenters. The smallest absolute Gasteiger partial charge is 0.119 e. The van der Waals surface area contributed by atoms with Crippen LogP contribution in [-0.4, -0.2) is 25.5 Å². The van der Waals surface area contributed by atoms with E-state index in [1.54, 1.807) is 19.4 Å². The number of hydrogen-bond acceptors (Lipinski definition) is 3. The van der Waals surface area contributed by atoms with Crippen LogP contribution in [0.5, 0.6) is 0 Å². The maximum absolute atomic E-state index is 5.48. The SMILES string of the molecule is C=CC(C)=N/C=C(\C)O[C@@H](C)COC. The summed E-state index contributed by atoms with van der Waals surface area (Å²) in [5, 5.41) is 0. The predicted molar refractivity (Wildman–Crippen MR) is 59.5 cm³/mol. The van der Waals surface area contributed by atoms with Crippen molar-refractivity contribution in [2.75, 3.05) is 13.7 Å². The fourth-order valence-corrected chi connectivity index (χ4v) is 0.862. The quantitative estimate of drug-likeness (QED) is 0.484. The molecule has 14 heavy (non-hydrogen) atoms. The van der Waals surface area contributed by atoms with Crippen molar-refractivity contribution in [3.05, 3.63) is 24.6 Å². The van der Waals surface area contributed by atoms with Gasteiger partial charge < -0.3 is 9.47 Å². The van der Waals surface area contributed by atoms with E-state index in [1.807, 2.05) is 20.8 Å². The molecule has 0 unspecified atom stereocenters. The van der Waals surface area contributed by atoms with E-state index in [1.165, 1.54) is 0 Å². The van der Waals surface area contributed by atoms with Crippen molar-refractivity contribution in [1.82, 2.24) is 0 Å². The summed E-state index contributed by atoms with van der Waals surface area (Å²) in [6.45, 7) is 9.89. The number of hydrogen-bond donors (Lipinski definition) is 0. The van der Waals surface area contributed by atoms with Crippen LogP contribution >= 0.6 is 0 Å².